The molecule has 3 rings (SSSR count). The fraction of sp³-hybridized carbons (Fsp3) is 0. The summed E-state index contributed by atoms with van der Waals surface area (Å²) in [4.78, 5) is 12.0. The Balaban J connectivity index is 2.00. The lowest BCUT2D eigenvalue weighted by atomic mass is 10.2. The summed E-state index contributed by atoms with van der Waals surface area (Å²) in [7, 11) is 0. The summed E-state index contributed by atoms with van der Waals surface area (Å²) < 4.78 is 5.09. The summed E-state index contributed by atoms with van der Waals surface area (Å²) in [6.45, 7) is 0. The van der Waals surface area contributed by atoms with Crippen molar-refractivity contribution in [2.45, 2.75) is 0 Å². The first-order chi connectivity index (χ1) is 9.24. The third kappa shape index (κ3) is 2.25. The van der Waals surface area contributed by atoms with Gasteiger partial charge in [0.25, 0.3) is 5.89 Å². The average molecular weight is 275 g/mol. The van der Waals surface area contributed by atoms with Crippen LogP contribution < -0.4 is 0 Å². The van der Waals surface area contributed by atoms with E-state index in [4.69, 9.17) is 16.1 Å². The first-order valence-corrected chi connectivity index (χ1v) is 5.71. The van der Waals surface area contributed by atoms with Crippen LogP contribution in [0.1, 0.15) is 0 Å². The molecular formula is C12H7ClN4O2. The highest BCUT2D eigenvalue weighted by Gasteiger charge is 2.14. The van der Waals surface area contributed by atoms with Gasteiger partial charge in [-0.3, -0.25) is 9.97 Å². The van der Waals surface area contributed by atoms with Crippen LogP contribution in [-0.2, 0) is 0 Å². The van der Waals surface area contributed by atoms with E-state index >= 15 is 0 Å². The molecule has 3 aromatic heterocycles. The molecule has 7 heteroatoms. The lowest BCUT2D eigenvalue weighted by Crippen LogP contribution is -1.85. The van der Waals surface area contributed by atoms with E-state index in [1.165, 1.54) is 18.6 Å². The predicted octanol–water partition coefficient (Wildman–Crippen LogP) is 2.55. The van der Waals surface area contributed by atoms with Gasteiger partial charge in [-0.1, -0.05) is 16.8 Å². The zero-order valence-electron chi connectivity index (χ0n) is 9.49. The molecule has 0 aliphatic heterocycles. The van der Waals surface area contributed by atoms with Gasteiger partial charge in [-0.25, -0.2) is 0 Å². The molecule has 0 saturated heterocycles. The molecule has 0 spiro atoms. The Kier molecular flexibility index (Phi) is 2.85. The molecule has 1 N–H and O–H groups in total. The monoisotopic (exact) mass is 274 g/mol. The number of hydrogen-bond acceptors (Lipinski definition) is 6. The minimum atomic E-state index is -0.0261. The Labute approximate surface area is 112 Å². The van der Waals surface area contributed by atoms with Crippen molar-refractivity contribution in [1.82, 2.24) is 20.1 Å². The van der Waals surface area contributed by atoms with Crippen LogP contribution in [-0.4, -0.2) is 25.2 Å². The van der Waals surface area contributed by atoms with E-state index in [1.807, 2.05) is 0 Å². The van der Waals surface area contributed by atoms with E-state index < -0.39 is 0 Å². The smallest absolute Gasteiger partial charge is 0.262 e. The number of hydrogen-bond donors (Lipinski definition) is 1. The fourth-order valence-corrected chi connectivity index (χ4v) is 1.62. The number of aromatic hydroxyl groups is 1. The fourth-order valence-electron chi connectivity index (χ4n) is 1.51. The van der Waals surface area contributed by atoms with Gasteiger partial charge in [0.05, 0.1) is 16.8 Å². The van der Waals surface area contributed by atoms with Crippen molar-refractivity contribution in [2.24, 2.45) is 0 Å². The summed E-state index contributed by atoms with van der Waals surface area (Å²) >= 11 is 5.75. The van der Waals surface area contributed by atoms with Gasteiger partial charge in [-0.05, 0) is 18.2 Å². The standard InChI is InChI=1S/C12H7ClN4O2/c13-7-1-2-9(15-5-7)11-16-12(19-17-11)8-3-4-14-6-10(8)18/h1-6,18H. The van der Waals surface area contributed by atoms with E-state index in [1.54, 1.807) is 18.2 Å². The highest BCUT2D eigenvalue weighted by molar-refractivity contribution is 6.30. The largest absolute Gasteiger partial charge is 0.505 e. The van der Waals surface area contributed by atoms with Crippen LogP contribution in [0.2, 0.25) is 5.02 Å². The summed E-state index contributed by atoms with van der Waals surface area (Å²) in [6, 6.07) is 4.95. The van der Waals surface area contributed by atoms with Crippen molar-refractivity contribution in [3.8, 4) is 28.7 Å². The Hall–Kier alpha value is -2.47. The lowest BCUT2D eigenvalue weighted by molar-refractivity contribution is 0.425. The maximum Gasteiger partial charge on any atom is 0.262 e. The summed E-state index contributed by atoms with van der Waals surface area (Å²) in [6.07, 6.45) is 4.33. The Morgan fingerprint density at radius 1 is 1.16 bits per heavy atom. The van der Waals surface area contributed by atoms with Crippen molar-refractivity contribution < 1.29 is 9.63 Å². The number of aromatic nitrogens is 4. The van der Waals surface area contributed by atoms with Crippen LogP contribution in [0.25, 0.3) is 23.0 Å². The highest BCUT2D eigenvalue weighted by atomic mass is 35.5. The van der Waals surface area contributed by atoms with Gasteiger partial charge >= 0.3 is 0 Å². The molecule has 0 saturated carbocycles. The van der Waals surface area contributed by atoms with Gasteiger partial charge in [0, 0.05) is 12.4 Å². The van der Waals surface area contributed by atoms with Crippen LogP contribution in [0, 0.1) is 0 Å². The Bertz CT molecular complexity index is 712. The average Bonchev–Trinajstić information content (AvgIpc) is 2.89. The topological polar surface area (TPSA) is 84.9 Å². The quantitative estimate of drug-likeness (QED) is 0.773. The highest BCUT2D eigenvalue weighted by Crippen LogP contribution is 2.27. The normalized spacial score (nSPS) is 10.6. The minimum absolute atomic E-state index is 0.0261. The van der Waals surface area contributed by atoms with Gasteiger partial charge in [-0.2, -0.15) is 4.98 Å². The van der Waals surface area contributed by atoms with E-state index in [0.717, 1.165) is 0 Å². The number of pyridine rings is 2. The van der Waals surface area contributed by atoms with Crippen molar-refractivity contribution in [3.63, 3.8) is 0 Å². The Morgan fingerprint density at radius 2 is 2.05 bits per heavy atom. The zero-order valence-corrected chi connectivity index (χ0v) is 10.2. The molecule has 0 amide bonds. The van der Waals surface area contributed by atoms with Gasteiger partial charge < -0.3 is 9.63 Å². The molecule has 6 nitrogen and oxygen atoms in total. The molecule has 19 heavy (non-hydrogen) atoms. The maximum atomic E-state index is 9.66. The molecule has 0 unspecified atom stereocenters. The summed E-state index contributed by atoms with van der Waals surface area (Å²) in [5, 5.41) is 14.0. The Morgan fingerprint density at radius 3 is 2.79 bits per heavy atom. The first-order valence-electron chi connectivity index (χ1n) is 5.33. The van der Waals surface area contributed by atoms with Gasteiger partial charge in [0.1, 0.15) is 11.4 Å². The molecule has 0 atom stereocenters. The molecule has 0 aliphatic carbocycles. The number of rotatable bonds is 2. The summed E-state index contributed by atoms with van der Waals surface area (Å²) in [5.41, 5.74) is 0.954. The van der Waals surface area contributed by atoms with Gasteiger partial charge in [-0.15, -0.1) is 0 Å². The van der Waals surface area contributed by atoms with Crippen molar-refractivity contribution >= 4 is 11.6 Å². The van der Waals surface area contributed by atoms with Crippen molar-refractivity contribution in [1.29, 1.82) is 0 Å². The molecule has 0 aliphatic rings. The molecule has 3 aromatic rings. The molecule has 94 valence electrons. The minimum Gasteiger partial charge on any atom is -0.505 e. The van der Waals surface area contributed by atoms with Crippen LogP contribution in [0.3, 0.4) is 0 Å². The SMILES string of the molecule is Oc1cnccc1-c1nc(-c2ccc(Cl)cn2)no1. The molecule has 0 radical (unpaired) electrons. The van der Waals surface area contributed by atoms with Gasteiger partial charge in [0.15, 0.2) is 0 Å². The first kappa shape index (κ1) is 11.6. The van der Waals surface area contributed by atoms with Crippen LogP contribution >= 0.6 is 11.6 Å². The van der Waals surface area contributed by atoms with Crippen molar-refractivity contribution in [3.05, 3.63) is 41.8 Å². The van der Waals surface area contributed by atoms with Crippen LogP contribution in [0.4, 0.5) is 0 Å². The zero-order chi connectivity index (χ0) is 13.2. The second kappa shape index (κ2) is 4.66. The van der Waals surface area contributed by atoms with E-state index in [-0.39, 0.29) is 11.6 Å². The predicted molar refractivity (Wildman–Crippen MR) is 67.4 cm³/mol. The molecular weight excluding hydrogens is 268 g/mol. The van der Waals surface area contributed by atoms with Crippen molar-refractivity contribution in [2.75, 3.05) is 0 Å². The molecule has 0 fully saturated rings. The molecule has 3 heterocycles. The second-order valence-corrected chi connectivity index (χ2v) is 4.11. The van der Waals surface area contributed by atoms with Crippen LogP contribution in [0.15, 0.2) is 41.3 Å². The van der Waals surface area contributed by atoms with Crippen LogP contribution in [0.5, 0.6) is 5.75 Å². The maximum absolute atomic E-state index is 9.66. The summed E-state index contributed by atoms with van der Waals surface area (Å²) in [5.74, 6) is 0.497. The molecule has 0 aromatic carbocycles. The van der Waals surface area contributed by atoms with E-state index in [2.05, 4.69) is 20.1 Å². The molecule has 0 bridgehead atoms. The lowest BCUT2D eigenvalue weighted by Gasteiger charge is -1.96. The second-order valence-electron chi connectivity index (χ2n) is 3.68. The third-order valence-corrected chi connectivity index (χ3v) is 2.64. The van der Waals surface area contributed by atoms with E-state index in [9.17, 15) is 5.11 Å². The van der Waals surface area contributed by atoms with E-state index in [0.29, 0.717) is 22.1 Å². The number of nitrogens with zero attached hydrogens (tertiary/aromatic N) is 4. The number of halogens is 1. The van der Waals surface area contributed by atoms with Gasteiger partial charge in [0.2, 0.25) is 5.82 Å². The third-order valence-electron chi connectivity index (χ3n) is 2.41.